The summed E-state index contributed by atoms with van der Waals surface area (Å²) < 4.78 is 28.0. The molecule has 7 heteroatoms. The van der Waals surface area contributed by atoms with Crippen molar-refractivity contribution in [3.05, 3.63) is 53.6 Å². The van der Waals surface area contributed by atoms with Gasteiger partial charge in [0.1, 0.15) is 12.4 Å². The molecular weight excluding hydrogens is 470 g/mol. The minimum Gasteiger partial charge on any atom is -0.491 e. The highest BCUT2D eigenvalue weighted by atomic mass is 16.6. The molecule has 0 unspecified atom stereocenters. The zero-order valence-electron chi connectivity index (χ0n) is 22.1. The monoisotopic (exact) mass is 509 g/mol. The van der Waals surface area contributed by atoms with Crippen molar-refractivity contribution < 1.29 is 28.5 Å². The largest absolute Gasteiger partial charge is 0.491 e. The van der Waals surface area contributed by atoms with Gasteiger partial charge in [0.25, 0.3) is 0 Å². The number of methoxy groups -OCH3 is 1. The summed E-state index contributed by atoms with van der Waals surface area (Å²) >= 11 is 0. The van der Waals surface area contributed by atoms with Crippen LogP contribution in [0, 0.1) is 0 Å². The highest BCUT2D eigenvalue weighted by Crippen LogP contribution is 2.33. The molecule has 37 heavy (non-hydrogen) atoms. The molecule has 2 heterocycles. The minimum absolute atomic E-state index is 0.0364. The van der Waals surface area contributed by atoms with Gasteiger partial charge in [-0.3, -0.25) is 0 Å². The number of esters is 1. The lowest BCUT2D eigenvalue weighted by atomic mass is 9.96. The van der Waals surface area contributed by atoms with Gasteiger partial charge in [-0.1, -0.05) is 31.5 Å². The molecule has 1 fully saturated rings. The molecular formula is C30H39NO6. The van der Waals surface area contributed by atoms with Crippen LogP contribution >= 0.6 is 0 Å². The zero-order valence-corrected chi connectivity index (χ0v) is 22.1. The second-order valence-corrected chi connectivity index (χ2v) is 9.39. The number of benzene rings is 2. The van der Waals surface area contributed by atoms with Crippen molar-refractivity contribution in [3.63, 3.8) is 0 Å². The van der Waals surface area contributed by atoms with Crippen LogP contribution in [0.4, 0.5) is 5.69 Å². The van der Waals surface area contributed by atoms with Gasteiger partial charge in [0, 0.05) is 31.0 Å². The van der Waals surface area contributed by atoms with Crippen molar-refractivity contribution in [3.8, 4) is 16.9 Å². The number of fused-ring (bicyclic) bond motifs is 1. The molecule has 200 valence electrons. The average Bonchev–Trinajstić information content (AvgIpc) is 2.93. The first-order valence-corrected chi connectivity index (χ1v) is 13.4. The summed E-state index contributed by atoms with van der Waals surface area (Å²) in [6, 6.07) is 14.5. The van der Waals surface area contributed by atoms with Crippen LogP contribution in [-0.4, -0.2) is 71.9 Å². The van der Waals surface area contributed by atoms with Crippen molar-refractivity contribution >= 4 is 17.7 Å². The molecule has 7 nitrogen and oxygen atoms in total. The highest BCUT2D eigenvalue weighted by molar-refractivity contribution is 5.95. The number of ether oxygens (including phenoxy) is 5. The Bertz CT molecular complexity index is 1030. The maximum atomic E-state index is 12.4. The summed E-state index contributed by atoms with van der Waals surface area (Å²) in [5, 5.41) is 0. The lowest BCUT2D eigenvalue weighted by Gasteiger charge is -2.33. The number of carbonyl (C=O) groups excluding carboxylic acids is 1. The summed E-state index contributed by atoms with van der Waals surface area (Å²) in [7, 11) is 1.44. The van der Waals surface area contributed by atoms with Gasteiger partial charge in [-0.05, 0) is 66.3 Å². The number of nitrogens with zero attached hydrogens (tertiary/aromatic N) is 1. The van der Waals surface area contributed by atoms with Gasteiger partial charge in [0.05, 0.1) is 39.6 Å². The molecule has 0 N–H and O–H groups in total. The Kier molecular flexibility index (Phi) is 10.4. The van der Waals surface area contributed by atoms with Gasteiger partial charge >= 0.3 is 5.97 Å². The van der Waals surface area contributed by atoms with Crippen LogP contribution in [-0.2, 0) is 23.7 Å². The Labute approximate surface area is 220 Å². The Morgan fingerprint density at radius 3 is 2.65 bits per heavy atom. The summed E-state index contributed by atoms with van der Waals surface area (Å²) in [5.41, 5.74) is 4.94. The van der Waals surface area contributed by atoms with E-state index in [1.54, 1.807) is 0 Å². The standard InChI is InChI=1S/C30H39NO6/c1-3-4-14-34-15-17-36-27-10-7-23(8-11-27)24-9-12-29-26(19-24)20-25(30(32)33-2)6-5-13-31(29)21-28-22-35-16-18-37-28/h7-12,19-20,28H,3-6,13-18,21-22H2,1-2H3/b25-20+/t28-/m0/s1. The average molecular weight is 510 g/mol. The predicted molar refractivity (Wildman–Crippen MR) is 145 cm³/mol. The van der Waals surface area contributed by atoms with E-state index in [1.165, 1.54) is 7.11 Å². The van der Waals surface area contributed by atoms with Crippen LogP contribution in [0.5, 0.6) is 5.75 Å². The van der Waals surface area contributed by atoms with Crippen molar-refractivity contribution in [2.45, 2.75) is 38.7 Å². The first-order valence-electron chi connectivity index (χ1n) is 13.4. The fourth-order valence-corrected chi connectivity index (χ4v) is 4.66. The second kappa shape index (κ2) is 14.2. The van der Waals surface area contributed by atoms with Gasteiger partial charge in [-0.25, -0.2) is 4.79 Å². The molecule has 0 spiro atoms. The van der Waals surface area contributed by atoms with Crippen molar-refractivity contribution in [2.24, 2.45) is 0 Å². The Balaban J connectivity index is 1.52. The van der Waals surface area contributed by atoms with Gasteiger partial charge < -0.3 is 28.6 Å². The van der Waals surface area contributed by atoms with E-state index in [4.69, 9.17) is 23.7 Å². The third-order valence-electron chi connectivity index (χ3n) is 6.65. The number of hydrogen-bond acceptors (Lipinski definition) is 7. The second-order valence-electron chi connectivity index (χ2n) is 9.39. The van der Waals surface area contributed by atoms with Crippen molar-refractivity contribution in [2.75, 3.05) is 64.7 Å². The SMILES string of the molecule is CCCCOCCOc1ccc(-c2ccc3c(c2)/C=C(/C(=O)OC)CCCN3C[C@H]2COCCO2)cc1. The van der Waals surface area contributed by atoms with Gasteiger partial charge in [-0.15, -0.1) is 0 Å². The van der Waals surface area contributed by atoms with Gasteiger partial charge in [0.15, 0.2) is 0 Å². The van der Waals surface area contributed by atoms with E-state index >= 15 is 0 Å². The van der Waals surface area contributed by atoms with E-state index in [0.29, 0.717) is 45.0 Å². The Morgan fingerprint density at radius 2 is 1.89 bits per heavy atom. The van der Waals surface area contributed by atoms with Crippen LogP contribution in [0.15, 0.2) is 48.0 Å². The Morgan fingerprint density at radius 1 is 1.05 bits per heavy atom. The summed E-state index contributed by atoms with van der Waals surface area (Å²) in [6.07, 6.45) is 5.75. The summed E-state index contributed by atoms with van der Waals surface area (Å²) in [5.74, 6) is 0.553. The maximum Gasteiger partial charge on any atom is 0.333 e. The van der Waals surface area contributed by atoms with E-state index in [0.717, 1.165) is 67.1 Å². The van der Waals surface area contributed by atoms with Crippen molar-refractivity contribution in [1.82, 2.24) is 0 Å². The third kappa shape index (κ3) is 7.81. The van der Waals surface area contributed by atoms with Crippen LogP contribution in [0.25, 0.3) is 17.2 Å². The molecule has 0 amide bonds. The fourth-order valence-electron chi connectivity index (χ4n) is 4.66. The van der Waals surface area contributed by atoms with E-state index < -0.39 is 0 Å². The zero-order chi connectivity index (χ0) is 25.9. The number of unbranched alkanes of at least 4 members (excludes halogenated alkanes) is 1. The Hall–Kier alpha value is -2.87. The lowest BCUT2D eigenvalue weighted by molar-refractivity contribution is -0.136. The van der Waals surface area contributed by atoms with E-state index in [9.17, 15) is 4.79 Å². The number of anilines is 1. The van der Waals surface area contributed by atoms with Crippen molar-refractivity contribution in [1.29, 1.82) is 0 Å². The molecule has 0 aliphatic carbocycles. The topological polar surface area (TPSA) is 66.5 Å². The first kappa shape index (κ1) is 27.2. The fraction of sp³-hybridized carbons (Fsp3) is 0.500. The molecule has 0 bridgehead atoms. The van der Waals surface area contributed by atoms with E-state index in [-0.39, 0.29) is 12.1 Å². The summed E-state index contributed by atoms with van der Waals surface area (Å²) in [6.45, 7) is 7.52. The van der Waals surface area contributed by atoms with Gasteiger partial charge in [-0.2, -0.15) is 0 Å². The molecule has 4 rings (SSSR count). The number of hydrogen-bond donors (Lipinski definition) is 0. The third-order valence-corrected chi connectivity index (χ3v) is 6.65. The lowest BCUT2D eigenvalue weighted by Crippen LogP contribution is -2.41. The molecule has 2 aliphatic rings. The van der Waals surface area contributed by atoms with Gasteiger partial charge in [0.2, 0.25) is 0 Å². The van der Waals surface area contributed by atoms with E-state index in [2.05, 4.69) is 42.2 Å². The molecule has 2 aliphatic heterocycles. The molecule has 0 saturated carbocycles. The molecule has 1 saturated heterocycles. The predicted octanol–water partition coefficient (Wildman–Crippen LogP) is 5.12. The van der Waals surface area contributed by atoms with Crippen LogP contribution in [0.1, 0.15) is 38.2 Å². The van der Waals surface area contributed by atoms with E-state index in [1.807, 2.05) is 18.2 Å². The highest BCUT2D eigenvalue weighted by Gasteiger charge is 2.23. The molecule has 0 radical (unpaired) electrons. The molecule has 1 atom stereocenters. The van der Waals surface area contributed by atoms with Crippen LogP contribution < -0.4 is 9.64 Å². The summed E-state index contributed by atoms with van der Waals surface area (Å²) in [4.78, 5) is 14.8. The minimum atomic E-state index is -0.269. The first-order chi connectivity index (χ1) is 18.2. The molecule has 2 aromatic rings. The number of rotatable bonds is 11. The molecule has 2 aromatic carbocycles. The quantitative estimate of drug-likeness (QED) is 0.308. The van der Waals surface area contributed by atoms with Crippen LogP contribution in [0.2, 0.25) is 0 Å². The normalized spacial score (nSPS) is 19.2. The number of carbonyl (C=O) groups is 1. The molecule has 0 aromatic heterocycles. The smallest absolute Gasteiger partial charge is 0.333 e. The maximum absolute atomic E-state index is 12.4. The van der Waals surface area contributed by atoms with Crippen LogP contribution in [0.3, 0.4) is 0 Å².